The Hall–Kier alpha value is -1.42. The largest absolute Gasteiger partial charge is 0.317 e. The Kier molecular flexibility index (Phi) is 10.6. The molecule has 0 bridgehead atoms. The summed E-state index contributed by atoms with van der Waals surface area (Å²) < 4.78 is 13.0. The maximum atomic E-state index is 13.0. The Labute approximate surface area is 129 Å². The van der Waals surface area contributed by atoms with Gasteiger partial charge in [-0.2, -0.15) is 0 Å². The number of rotatable bonds is 5. The lowest BCUT2D eigenvalue weighted by atomic mass is 10.1. The molecule has 0 aliphatic heterocycles. The van der Waals surface area contributed by atoms with Crippen LogP contribution in [0.4, 0.5) is 4.39 Å². The van der Waals surface area contributed by atoms with Crippen molar-refractivity contribution in [2.24, 2.45) is 5.92 Å². The minimum Gasteiger partial charge on any atom is -0.317 e. The van der Waals surface area contributed by atoms with Crippen LogP contribution in [0.15, 0.2) is 61.1 Å². The van der Waals surface area contributed by atoms with E-state index in [4.69, 9.17) is 0 Å². The van der Waals surface area contributed by atoms with Crippen molar-refractivity contribution in [3.05, 3.63) is 61.1 Å². The second-order valence-corrected chi connectivity index (χ2v) is 4.28. The van der Waals surface area contributed by atoms with Gasteiger partial charge in [0.1, 0.15) is 5.83 Å². The number of nitrogens with zero attached hydrogens (tertiary/aromatic N) is 1. The summed E-state index contributed by atoms with van der Waals surface area (Å²) >= 11 is 3.14. The Morgan fingerprint density at radius 2 is 2.20 bits per heavy atom. The molecule has 4 heteroatoms. The molecule has 1 aliphatic carbocycles. The minimum absolute atomic E-state index is 0.00744. The van der Waals surface area contributed by atoms with Gasteiger partial charge in [-0.1, -0.05) is 60.7 Å². The van der Waals surface area contributed by atoms with Crippen LogP contribution in [0.2, 0.25) is 0 Å². The molecule has 0 fully saturated rings. The predicted molar refractivity (Wildman–Crippen MR) is 87.2 cm³/mol. The van der Waals surface area contributed by atoms with Crippen LogP contribution >= 0.6 is 15.9 Å². The lowest BCUT2D eigenvalue weighted by molar-refractivity contribution is -0.125. The quantitative estimate of drug-likeness (QED) is 0.531. The zero-order chi connectivity index (χ0) is 15.4. The van der Waals surface area contributed by atoms with E-state index in [1.165, 1.54) is 12.2 Å². The number of allylic oxidation sites excluding steroid dienone is 6. The maximum Gasteiger partial charge on any atom is 0.237 e. The van der Waals surface area contributed by atoms with Crippen molar-refractivity contribution in [3.8, 4) is 0 Å². The molecule has 0 heterocycles. The molecule has 1 aliphatic rings. The molecular weight excluding hydrogens is 321 g/mol. The van der Waals surface area contributed by atoms with Crippen molar-refractivity contribution in [1.29, 1.82) is 0 Å². The van der Waals surface area contributed by atoms with Crippen molar-refractivity contribution in [1.82, 2.24) is 4.90 Å². The Morgan fingerprint density at radius 1 is 1.50 bits per heavy atom. The second kappa shape index (κ2) is 11.4. The van der Waals surface area contributed by atoms with Crippen LogP contribution in [-0.2, 0) is 4.79 Å². The Bertz CT molecular complexity index is 424. The van der Waals surface area contributed by atoms with Crippen molar-refractivity contribution in [2.45, 2.75) is 13.8 Å². The summed E-state index contributed by atoms with van der Waals surface area (Å²) in [6.07, 6.45) is 13.1. The molecule has 0 N–H and O–H groups in total. The van der Waals surface area contributed by atoms with E-state index in [9.17, 15) is 9.18 Å². The SMILES string of the molecule is C=C/C=C\N(CC1C=CC=C(F)C=C1)C(=O)CBr.CC. The van der Waals surface area contributed by atoms with E-state index in [2.05, 4.69) is 22.5 Å². The Morgan fingerprint density at radius 3 is 2.80 bits per heavy atom. The molecular formula is C16H21BrFNO. The fourth-order valence-corrected chi connectivity index (χ4v) is 1.78. The van der Waals surface area contributed by atoms with Gasteiger partial charge in [0.25, 0.3) is 0 Å². The van der Waals surface area contributed by atoms with Crippen molar-refractivity contribution in [2.75, 3.05) is 11.9 Å². The molecule has 2 nitrogen and oxygen atoms in total. The molecule has 0 saturated carbocycles. The number of hydrogen-bond donors (Lipinski definition) is 0. The highest BCUT2D eigenvalue weighted by molar-refractivity contribution is 9.09. The summed E-state index contributed by atoms with van der Waals surface area (Å²) in [7, 11) is 0. The lowest BCUT2D eigenvalue weighted by Crippen LogP contribution is -2.30. The van der Waals surface area contributed by atoms with Gasteiger partial charge in [-0.25, -0.2) is 4.39 Å². The average molecular weight is 342 g/mol. The fourth-order valence-electron chi connectivity index (χ4n) is 1.46. The molecule has 20 heavy (non-hydrogen) atoms. The Balaban J connectivity index is 0.00000172. The third kappa shape index (κ3) is 7.24. The highest BCUT2D eigenvalue weighted by Gasteiger charge is 2.13. The fraction of sp³-hybridized carbons (Fsp3) is 0.312. The molecule has 0 aromatic carbocycles. The van der Waals surface area contributed by atoms with Crippen molar-refractivity contribution in [3.63, 3.8) is 0 Å². The second-order valence-electron chi connectivity index (χ2n) is 3.72. The third-order valence-electron chi connectivity index (χ3n) is 2.36. The summed E-state index contributed by atoms with van der Waals surface area (Å²) in [6.45, 7) is 8.04. The number of carbonyl (C=O) groups is 1. The molecule has 0 aromatic rings. The number of hydrogen-bond acceptors (Lipinski definition) is 1. The molecule has 1 unspecified atom stereocenters. The van der Waals surface area contributed by atoms with Gasteiger partial charge in [0.05, 0.1) is 5.33 Å². The molecule has 1 amide bonds. The normalized spacial score (nSPS) is 17.0. The van der Waals surface area contributed by atoms with Crippen LogP contribution in [0.1, 0.15) is 13.8 Å². The van der Waals surface area contributed by atoms with Crippen LogP contribution in [0.3, 0.4) is 0 Å². The van der Waals surface area contributed by atoms with Gasteiger partial charge in [-0.05, 0) is 18.2 Å². The third-order valence-corrected chi connectivity index (χ3v) is 2.84. The van der Waals surface area contributed by atoms with E-state index < -0.39 is 0 Å². The monoisotopic (exact) mass is 341 g/mol. The number of halogens is 2. The van der Waals surface area contributed by atoms with E-state index in [0.29, 0.717) is 6.54 Å². The van der Waals surface area contributed by atoms with Crippen LogP contribution in [0, 0.1) is 5.92 Å². The lowest BCUT2D eigenvalue weighted by Gasteiger charge is -2.20. The van der Waals surface area contributed by atoms with Gasteiger partial charge in [0.2, 0.25) is 5.91 Å². The van der Waals surface area contributed by atoms with Crippen LogP contribution in [0.25, 0.3) is 0 Å². The summed E-state index contributed by atoms with van der Waals surface area (Å²) in [5.74, 6) is -0.340. The summed E-state index contributed by atoms with van der Waals surface area (Å²) in [4.78, 5) is 13.3. The standard InChI is InChI=1S/C14H15BrFNO.C2H6/c1-2-3-9-17(14(18)10-15)11-12-5-4-6-13(16)8-7-12;1-2/h2-9,12H,1,10-11H2;1-2H3/b9-3-;. The topological polar surface area (TPSA) is 20.3 Å². The number of alkyl halides is 1. The number of carbonyl (C=O) groups excluding carboxylic acids is 1. The summed E-state index contributed by atoms with van der Waals surface area (Å²) in [5.41, 5.74) is 0. The van der Waals surface area contributed by atoms with E-state index >= 15 is 0 Å². The van der Waals surface area contributed by atoms with Crippen LogP contribution < -0.4 is 0 Å². The van der Waals surface area contributed by atoms with E-state index in [1.807, 2.05) is 19.9 Å². The zero-order valence-electron chi connectivity index (χ0n) is 11.9. The molecule has 1 atom stereocenters. The first kappa shape index (κ1) is 18.6. The summed E-state index contributed by atoms with van der Waals surface area (Å²) in [6, 6.07) is 0. The first-order chi connectivity index (χ1) is 9.67. The zero-order valence-corrected chi connectivity index (χ0v) is 13.5. The van der Waals surface area contributed by atoms with Crippen LogP contribution in [0.5, 0.6) is 0 Å². The van der Waals surface area contributed by atoms with Gasteiger partial charge < -0.3 is 4.90 Å². The van der Waals surface area contributed by atoms with Gasteiger partial charge in [-0.3, -0.25) is 4.79 Å². The van der Waals surface area contributed by atoms with Gasteiger partial charge in [-0.15, -0.1) is 0 Å². The molecule has 0 radical (unpaired) electrons. The molecule has 0 saturated heterocycles. The maximum absolute atomic E-state index is 13.0. The smallest absolute Gasteiger partial charge is 0.237 e. The number of amides is 1. The van der Waals surface area contributed by atoms with Crippen LogP contribution in [-0.4, -0.2) is 22.7 Å². The minimum atomic E-state index is -0.284. The predicted octanol–water partition coefficient (Wildman–Crippen LogP) is 4.53. The molecule has 110 valence electrons. The van der Waals surface area contributed by atoms with Crippen molar-refractivity contribution >= 4 is 21.8 Å². The van der Waals surface area contributed by atoms with Gasteiger partial charge >= 0.3 is 0 Å². The van der Waals surface area contributed by atoms with Gasteiger partial charge in [0, 0.05) is 18.7 Å². The van der Waals surface area contributed by atoms with Gasteiger partial charge in [0.15, 0.2) is 0 Å². The molecule has 0 aromatic heterocycles. The average Bonchev–Trinajstić information content (AvgIpc) is 2.69. The highest BCUT2D eigenvalue weighted by Crippen LogP contribution is 2.13. The molecule has 0 spiro atoms. The molecule has 1 rings (SSSR count). The summed E-state index contributed by atoms with van der Waals surface area (Å²) in [5, 5.41) is 0.251. The first-order valence-electron chi connectivity index (χ1n) is 6.54. The first-order valence-corrected chi connectivity index (χ1v) is 7.66. The van der Waals surface area contributed by atoms with E-state index in [0.717, 1.165) is 0 Å². The van der Waals surface area contributed by atoms with E-state index in [-0.39, 0.29) is 23.0 Å². The highest BCUT2D eigenvalue weighted by atomic mass is 79.9. The van der Waals surface area contributed by atoms with Crippen molar-refractivity contribution < 1.29 is 9.18 Å². The van der Waals surface area contributed by atoms with E-state index in [1.54, 1.807) is 35.4 Å².